The van der Waals surface area contributed by atoms with Crippen LogP contribution in [0.2, 0.25) is 0 Å². The van der Waals surface area contributed by atoms with Crippen LogP contribution < -0.4 is 0 Å². The molecule has 0 saturated carbocycles. The van der Waals surface area contributed by atoms with Crippen molar-refractivity contribution < 1.29 is 9.53 Å². The molecule has 1 aliphatic rings. The molecule has 98 valence electrons. The number of benzene rings is 1. The van der Waals surface area contributed by atoms with E-state index >= 15 is 0 Å². The van der Waals surface area contributed by atoms with Crippen LogP contribution >= 0.6 is 0 Å². The van der Waals surface area contributed by atoms with Gasteiger partial charge in [0.25, 0.3) is 0 Å². The van der Waals surface area contributed by atoms with Crippen LogP contribution in [0.25, 0.3) is 0 Å². The molecule has 0 saturated heterocycles. The molecule has 0 bridgehead atoms. The predicted octanol–water partition coefficient (Wildman–Crippen LogP) is 3.69. The molecule has 0 N–H and O–H groups in total. The molecule has 2 nitrogen and oxygen atoms in total. The minimum Gasteiger partial charge on any atom is -0.465 e. The first kappa shape index (κ1) is 13.1. The number of esters is 1. The Morgan fingerprint density at radius 2 is 1.89 bits per heavy atom. The molecular formula is C16H22O2. The second-order valence-electron chi connectivity index (χ2n) is 5.08. The smallest absolute Gasteiger partial charge is 0.338 e. The molecule has 0 spiro atoms. The lowest BCUT2D eigenvalue weighted by Gasteiger charge is -2.19. The molecule has 0 unspecified atom stereocenters. The average Bonchev–Trinajstić information content (AvgIpc) is 2.43. The number of aryl methyl sites for hydroxylation is 3. The number of ether oxygens (including phenoxy) is 1. The molecule has 0 aromatic heterocycles. The van der Waals surface area contributed by atoms with E-state index in [9.17, 15) is 4.79 Å². The Hall–Kier alpha value is -1.31. The number of carbonyl (C=O) groups excluding carboxylic acids is 1. The van der Waals surface area contributed by atoms with Gasteiger partial charge in [0.1, 0.15) is 0 Å². The highest BCUT2D eigenvalue weighted by Gasteiger charge is 2.17. The van der Waals surface area contributed by atoms with Gasteiger partial charge in [-0.3, -0.25) is 0 Å². The summed E-state index contributed by atoms with van der Waals surface area (Å²) in [6.07, 6.45) is 8.04. The van der Waals surface area contributed by atoms with Gasteiger partial charge in [-0.2, -0.15) is 0 Å². The third-order valence-corrected chi connectivity index (χ3v) is 3.77. The fourth-order valence-electron chi connectivity index (χ4n) is 2.71. The summed E-state index contributed by atoms with van der Waals surface area (Å²) < 4.78 is 4.91. The zero-order valence-corrected chi connectivity index (χ0v) is 11.4. The molecule has 0 radical (unpaired) electrons. The number of hydrogen-bond donors (Lipinski definition) is 0. The SMILES string of the molecule is CCCCc1cc2c(cc1C(=O)OC)CCCC2. The van der Waals surface area contributed by atoms with E-state index in [0.717, 1.165) is 37.7 Å². The molecule has 2 heteroatoms. The highest BCUT2D eigenvalue weighted by Crippen LogP contribution is 2.26. The van der Waals surface area contributed by atoms with Crippen molar-refractivity contribution in [1.29, 1.82) is 0 Å². The van der Waals surface area contributed by atoms with E-state index in [-0.39, 0.29) is 5.97 Å². The third kappa shape index (κ3) is 2.74. The largest absolute Gasteiger partial charge is 0.465 e. The zero-order valence-electron chi connectivity index (χ0n) is 11.4. The van der Waals surface area contributed by atoms with Crippen LogP contribution in [-0.4, -0.2) is 13.1 Å². The van der Waals surface area contributed by atoms with Crippen molar-refractivity contribution in [3.63, 3.8) is 0 Å². The fraction of sp³-hybridized carbons (Fsp3) is 0.562. The zero-order chi connectivity index (χ0) is 13.0. The molecule has 0 heterocycles. The Labute approximate surface area is 109 Å². The van der Waals surface area contributed by atoms with Gasteiger partial charge in [-0.25, -0.2) is 4.79 Å². The first-order valence-corrected chi connectivity index (χ1v) is 6.99. The van der Waals surface area contributed by atoms with E-state index in [1.807, 2.05) is 0 Å². The van der Waals surface area contributed by atoms with Gasteiger partial charge in [0, 0.05) is 0 Å². The van der Waals surface area contributed by atoms with Gasteiger partial charge in [0.2, 0.25) is 0 Å². The second kappa shape index (κ2) is 6.03. The van der Waals surface area contributed by atoms with E-state index in [4.69, 9.17) is 4.74 Å². The van der Waals surface area contributed by atoms with Gasteiger partial charge < -0.3 is 4.74 Å². The van der Waals surface area contributed by atoms with Crippen molar-refractivity contribution in [2.24, 2.45) is 0 Å². The molecular weight excluding hydrogens is 224 g/mol. The van der Waals surface area contributed by atoms with Crippen molar-refractivity contribution >= 4 is 5.97 Å². The lowest BCUT2D eigenvalue weighted by Crippen LogP contribution is -2.11. The number of unbranched alkanes of at least 4 members (excludes halogenated alkanes) is 1. The van der Waals surface area contributed by atoms with Gasteiger partial charge in [-0.15, -0.1) is 0 Å². The molecule has 18 heavy (non-hydrogen) atoms. The Bertz CT molecular complexity index is 435. The summed E-state index contributed by atoms with van der Waals surface area (Å²) in [5.41, 5.74) is 4.75. The number of fused-ring (bicyclic) bond motifs is 1. The lowest BCUT2D eigenvalue weighted by molar-refractivity contribution is 0.0599. The van der Waals surface area contributed by atoms with Gasteiger partial charge in [0.05, 0.1) is 12.7 Å². The van der Waals surface area contributed by atoms with Gasteiger partial charge in [-0.05, 0) is 61.3 Å². The van der Waals surface area contributed by atoms with Crippen LogP contribution in [0.4, 0.5) is 0 Å². The van der Waals surface area contributed by atoms with Crippen molar-refractivity contribution in [2.75, 3.05) is 7.11 Å². The number of rotatable bonds is 4. The minimum atomic E-state index is -0.186. The Kier molecular flexibility index (Phi) is 4.40. The van der Waals surface area contributed by atoms with Crippen molar-refractivity contribution in [3.05, 3.63) is 34.4 Å². The summed E-state index contributed by atoms with van der Waals surface area (Å²) in [5.74, 6) is -0.186. The number of carbonyl (C=O) groups is 1. The number of hydrogen-bond acceptors (Lipinski definition) is 2. The highest BCUT2D eigenvalue weighted by atomic mass is 16.5. The standard InChI is InChI=1S/C16H22O2/c1-3-4-7-14-10-12-8-5-6-9-13(12)11-15(14)16(17)18-2/h10-11H,3-9H2,1-2H3. The fourth-order valence-corrected chi connectivity index (χ4v) is 2.71. The summed E-state index contributed by atoms with van der Waals surface area (Å²) in [4.78, 5) is 11.9. The van der Waals surface area contributed by atoms with Crippen LogP contribution in [0.5, 0.6) is 0 Å². The maximum absolute atomic E-state index is 11.9. The van der Waals surface area contributed by atoms with Gasteiger partial charge in [0.15, 0.2) is 0 Å². The van der Waals surface area contributed by atoms with Crippen LogP contribution in [0.15, 0.2) is 12.1 Å². The van der Waals surface area contributed by atoms with Crippen LogP contribution in [0, 0.1) is 0 Å². The summed E-state index contributed by atoms with van der Waals surface area (Å²) in [6.45, 7) is 2.18. The second-order valence-corrected chi connectivity index (χ2v) is 5.08. The maximum Gasteiger partial charge on any atom is 0.338 e. The maximum atomic E-state index is 11.9. The van der Waals surface area contributed by atoms with Crippen LogP contribution in [0.1, 0.15) is 59.7 Å². The predicted molar refractivity (Wildman–Crippen MR) is 73.0 cm³/mol. The highest BCUT2D eigenvalue weighted by molar-refractivity contribution is 5.91. The van der Waals surface area contributed by atoms with E-state index in [1.54, 1.807) is 0 Å². The summed E-state index contributed by atoms with van der Waals surface area (Å²) in [7, 11) is 1.46. The van der Waals surface area contributed by atoms with Crippen LogP contribution in [-0.2, 0) is 24.0 Å². The molecule has 1 aromatic carbocycles. The number of methoxy groups -OCH3 is 1. The van der Waals surface area contributed by atoms with E-state index in [2.05, 4.69) is 19.1 Å². The van der Waals surface area contributed by atoms with Crippen LogP contribution in [0.3, 0.4) is 0 Å². The minimum absolute atomic E-state index is 0.186. The van der Waals surface area contributed by atoms with Gasteiger partial charge in [-0.1, -0.05) is 19.4 Å². The summed E-state index contributed by atoms with van der Waals surface area (Å²) >= 11 is 0. The van der Waals surface area contributed by atoms with Gasteiger partial charge >= 0.3 is 5.97 Å². The normalized spacial score (nSPS) is 14.1. The molecule has 1 aliphatic carbocycles. The molecule has 0 fully saturated rings. The van der Waals surface area contributed by atoms with Crippen molar-refractivity contribution in [3.8, 4) is 0 Å². The molecule has 2 rings (SSSR count). The monoisotopic (exact) mass is 246 g/mol. The topological polar surface area (TPSA) is 26.3 Å². The van der Waals surface area contributed by atoms with E-state index in [0.29, 0.717) is 0 Å². The van der Waals surface area contributed by atoms with Crippen molar-refractivity contribution in [2.45, 2.75) is 51.9 Å². The summed E-state index contributed by atoms with van der Waals surface area (Å²) in [5, 5.41) is 0. The van der Waals surface area contributed by atoms with E-state index in [1.165, 1.54) is 36.6 Å². The third-order valence-electron chi connectivity index (χ3n) is 3.77. The molecule has 1 aromatic rings. The van der Waals surface area contributed by atoms with Crippen molar-refractivity contribution in [1.82, 2.24) is 0 Å². The molecule has 0 aliphatic heterocycles. The Morgan fingerprint density at radius 1 is 1.22 bits per heavy atom. The molecule has 0 amide bonds. The Balaban J connectivity index is 2.37. The summed E-state index contributed by atoms with van der Waals surface area (Å²) in [6, 6.07) is 4.32. The quantitative estimate of drug-likeness (QED) is 0.757. The Morgan fingerprint density at radius 3 is 2.50 bits per heavy atom. The van der Waals surface area contributed by atoms with E-state index < -0.39 is 0 Å². The molecule has 0 atom stereocenters. The lowest BCUT2D eigenvalue weighted by atomic mass is 9.87. The average molecular weight is 246 g/mol. The first-order chi connectivity index (χ1) is 8.76. The first-order valence-electron chi connectivity index (χ1n) is 6.99.